The van der Waals surface area contributed by atoms with Crippen molar-refractivity contribution in [3.05, 3.63) is 0 Å². The molecule has 1 amide bonds. The zero-order valence-corrected chi connectivity index (χ0v) is 6.32. The highest BCUT2D eigenvalue weighted by molar-refractivity contribution is 5.48. The van der Waals surface area contributed by atoms with Crippen LogP contribution in [-0.2, 0) is 4.79 Å². The average molecular weight is 128 g/mol. The van der Waals surface area contributed by atoms with Crippen LogP contribution < -0.4 is 5.32 Å². The van der Waals surface area contributed by atoms with Gasteiger partial charge in [-0.25, -0.2) is 0 Å². The summed E-state index contributed by atoms with van der Waals surface area (Å²) in [6, 6.07) is 0. The fraction of sp³-hybridized carbons (Fsp3) is 0.857. The Bertz CT molecular complexity index is 86.9. The third-order valence-electron chi connectivity index (χ3n) is 1.91. The zero-order chi connectivity index (χ0) is 7.33. The predicted octanol–water partition coefficient (Wildman–Crippen LogP) is 1.22. The van der Waals surface area contributed by atoms with Crippen molar-refractivity contribution in [3.8, 4) is 0 Å². The predicted molar refractivity (Wildman–Crippen MR) is 37.8 cm³/mol. The monoisotopic (exact) mass is 128 g/mol. The normalized spacial score (nSPS) is 11.0. The second-order valence-corrected chi connectivity index (χ2v) is 2.49. The highest BCUT2D eigenvalue weighted by Gasteiger charge is 2.17. The first-order valence-corrected chi connectivity index (χ1v) is 3.33. The minimum absolute atomic E-state index is 0.0399. The maximum absolute atomic E-state index is 9.90. The van der Waals surface area contributed by atoms with Gasteiger partial charge in [-0.3, -0.25) is 4.79 Å². The van der Waals surface area contributed by atoms with Gasteiger partial charge in [-0.05, 0) is 19.8 Å². The van der Waals surface area contributed by atoms with E-state index in [0.717, 1.165) is 12.8 Å². The van der Waals surface area contributed by atoms with Gasteiger partial charge in [0.2, 0.25) is 0 Å². The van der Waals surface area contributed by atoms with Gasteiger partial charge in [0.15, 0.2) is 0 Å². The van der Waals surface area contributed by atoms with Gasteiger partial charge in [-0.15, -0.1) is 0 Å². The Morgan fingerprint density at radius 3 is 2.00 bits per heavy atom. The van der Waals surface area contributed by atoms with Gasteiger partial charge in [0, 0.05) is 5.54 Å². The van der Waals surface area contributed by atoms with Gasteiger partial charge in [-0.2, -0.15) is 0 Å². The Kier molecular flexibility index (Phi) is 3.28. The molecule has 9 heavy (non-hydrogen) atoms. The molecule has 0 aliphatic carbocycles. The molecule has 0 aromatic heterocycles. The summed E-state index contributed by atoms with van der Waals surface area (Å²) in [4.78, 5) is 9.90. The van der Waals surface area contributed by atoms with Crippen LogP contribution in [0.5, 0.6) is 0 Å². The summed E-state index contributed by atoms with van der Waals surface area (Å²) in [5.41, 5.74) is -0.0399. The maximum Gasteiger partial charge on any atom is 0.309 e. The van der Waals surface area contributed by atoms with E-state index in [9.17, 15) is 4.79 Å². The van der Waals surface area contributed by atoms with E-state index in [4.69, 9.17) is 0 Å². The topological polar surface area (TPSA) is 29.1 Å². The zero-order valence-electron chi connectivity index (χ0n) is 6.32. The van der Waals surface area contributed by atoms with Crippen LogP contribution in [0.15, 0.2) is 0 Å². The van der Waals surface area contributed by atoms with E-state index in [1.165, 1.54) is 0 Å². The van der Waals surface area contributed by atoms with Gasteiger partial charge in [0.25, 0.3) is 0 Å². The fourth-order valence-corrected chi connectivity index (χ4v) is 0.550. The lowest BCUT2D eigenvalue weighted by atomic mass is 9.96. The molecule has 0 aliphatic heterocycles. The van der Waals surface area contributed by atoms with E-state index in [1.807, 2.05) is 20.8 Å². The van der Waals surface area contributed by atoms with Crippen molar-refractivity contribution < 1.29 is 4.79 Å². The van der Waals surface area contributed by atoms with E-state index >= 15 is 0 Å². The molecule has 53 valence electrons. The molecule has 0 saturated heterocycles. The van der Waals surface area contributed by atoms with Crippen molar-refractivity contribution in [1.82, 2.24) is 5.32 Å². The van der Waals surface area contributed by atoms with Crippen molar-refractivity contribution in [3.63, 3.8) is 0 Å². The summed E-state index contributed by atoms with van der Waals surface area (Å²) in [6.45, 7) is 6.11. The lowest BCUT2D eigenvalue weighted by molar-refractivity contribution is 0.376. The largest absolute Gasteiger partial charge is 0.343 e. The Hall–Kier alpha value is -0.530. The van der Waals surface area contributed by atoms with E-state index < -0.39 is 0 Å². The van der Waals surface area contributed by atoms with Crippen LogP contribution >= 0.6 is 0 Å². The Morgan fingerprint density at radius 2 is 1.89 bits per heavy atom. The van der Waals surface area contributed by atoms with E-state index in [1.54, 1.807) is 6.41 Å². The second kappa shape index (κ2) is 3.49. The van der Waals surface area contributed by atoms with Crippen molar-refractivity contribution in [1.29, 1.82) is 0 Å². The summed E-state index contributed by atoms with van der Waals surface area (Å²) < 4.78 is 0. The molecule has 2 heteroatoms. The number of nitrogens with one attached hydrogen (secondary N) is 1. The first-order valence-electron chi connectivity index (χ1n) is 3.33. The van der Waals surface area contributed by atoms with Crippen LogP contribution in [-0.4, -0.2) is 11.9 Å². The van der Waals surface area contributed by atoms with E-state index in [-0.39, 0.29) is 5.54 Å². The Labute approximate surface area is 56.6 Å². The van der Waals surface area contributed by atoms with Crippen LogP contribution in [0.1, 0.15) is 33.6 Å². The molecule has 0 aromatic carbocycles. The summed E-state index contributed by atoms with van der Waals surface area (Å²) in [5.74, 6) is 0. The number of hydrogen-bond donors (Lipinski definition) is 1. The average Bonchev–Trinajstić information content (AvgIpc) is 1.89. The smallest absolute Gasteiger partial charge is 0.309 e. The minimum atomic E-state index is -0.0399. The third-order valence-corrected chi connectivity index (χ3v) is 1.91. The molecule has 2 nitrogen and oxygen atoms in total. The molecule has 0 atom stereocenters. The number of amides is 1. The minimum Gasteiger partial charge on any atom is -0.343 e. The molecule has 0 fully saturated rings. The van der Waals surface area contributed by atoms with Gasteiger partial charge in [0.1, 0.15) is 0 Å². The highest BCUT2D eigenvalue weighted by Crippen LogP contribution is 2.11. The Balaban J connectivity index is 3.75. The maximum atomic E-state index is 9.90. The molecular weight excluding hydrogens is 114 g/mol. The van der Waals surface area contributed by atoms with Crippen LogP contribution in [0, 0.1) is 0 Å². The molecule has 0 rings (SSSR count). The van der Waals surface area contributed by atoms with Crippen molar-refractivity contribution in [2.45, 2.75) is 39.2 Å². The van der Waals surface area contributed by atoms with Gasteiger partial charge < -0.3 is 5.32 Å². The van der Waals surface area contributed by atoms with Gasteiger partial charge in [0.05, 0.1) is 0 Å². The van der Waals surface area contributed by atoms with Gasteiger partial charge >= 0.3 is 6.41 Å². The molecule has 0 bridgehead atoms. The van der Waals surface area contributed by atoms with Crippen LogP contribution in [0.4, 0.5) is 0 Å². The molecule has 0 aliphatic rings. The standard InChI is InChI=1S/C7H14NO/c1-4-7(3,5-2)8-6-9/h4-5H2,1-3H3,(H,8,9). The molecular formula is C7H14NO. The summed E-state index contributed by atoms with van der Waals surface area (Å²) in [5, 5.41) is 2.65. The molecule has 0 unspecified atom stereocenters. The molecule has 1 N–H and O–H groups in total. The lowest BCUT2D eigenvalue weighted by Crippen LogP contribution is -2.39. The van der Waals surface area contributed by atoms with Crippen molar-refractivity contribution >= 4 is 6.41 Å². The molecule has 0 saturated carbocycles. The number of hydrogen-bond acceptors (Lipinski definition) is 1. The molecule has 1 radical (unpaired) electrons. The van der Waals surface area contributed by atoms with E-state index in [2.05, 4.69) is 5.32 Å². The number of rotatable bonds is 4. The Morgan fingerprint density at radius 1 is 1.44 bits per heavy atom. The van der Waals surface area contributed by atoms with Gasteiger partial charge in [-0.1, -0.05) is 13.8 Å². The SMILES string of the molecule is CCC(C)(CC)N[C]=O. The van der Waals surface area contributed by atoms with Crippen LogP contribution in [0.25, 0.3) is 0 Å². The van der Waals surface area contributed by atoms with Crippen molar-refractivity contribution in [2.24, 2.45) is 0 Å². The van der Waals surface area contributed by atoms with Crippen LogP contribution in [0.2, 0.25) is 0 Å². The third kappa shape index (κ3) is 2.49. The lowest BCUT2D eigenvalue weighted by Gasteiger charge is -2.24. The van der Waals surface area contributed by atoms with Crippen LogP contribution in [0.3, 0.4) is 0 Å². The first kappa shape index (κ1) is 8.47. The highest BCUT2D eigenvalue weighted by atomic mass is 16.1. The summed E-state index contributed by atoms with van der Waals surface area (Å²) in [6.07, 6.45) is 3.62. The second-order valence-electron chi connectivity index (χ2n) is 2.49. The fourth-order valence-electron chi connectivity index (χ4n) is 0.550. The quantitative estimate of drug-likeness (QED) is 0.567. The molecule has 0 aromatic rings. The number of carbonyl (C=O) groups excluding carboxylic acids is 1. The van der Waals surface area contributed by atoms with Crippen molar-refractivity contribution in [2.75, 3.05) is 0 Å². The summed E-state index contributed by atoms with van der Waals surface area (Å²) in [7, 11) is 0. The molecule has 0 heterocycles. The first-order chi connectivity index (χ1) is 4.18. The van der Waals surface area contributed by atoms with E-state index in [0.29, 0.717) is 0 Å². The summed E-state index contributed by atoms with van der Waals surface area (Å²) >= 11 is 0. The molecule has 0 spiro atoms.